The maximum Gasteiger partial charge on any atom is 0.170 e. The summed E-state index contributed by atoms with van der Waals surface area (Å²) in [6.07, 6.45) is 0.830. The number of rotatable bonds is 5. The van der Waals surface area contributed by atoms with Crippen molar-refractivity contribution in [3.8, 4) is 0 Å². The van der Waals surface area contributed by atoms with Crippen molar-refractivity contribution in [2.75, 3.05) is 0 Å². The van der Waals surface area contributed by atoms with E-state index >= 15 is 0 Å². The molecule has 0 aliphatic rings. The highest BCUT2D eigenvalue weighted by Crippen LogP contribution is 2.37. The molecule has 0 saturated carbocycles. The second-order valence-electron chi connectivity index (χ2n) is 4.28. The van der Waals surface area contributed by atoms with Gasteiger partial charge in [-0.1, -0.05) is 30.8 Å². The lowest BCUT2D eigenvalue weighted by molar-refractivity contribution is 0.625. The average Bonchev–Trinajstić information content (AvgIpc) is 2.85. The van der Waals surface area contributed by atoms with Gasteiger partial charge in [0, 0.05) is 12.5 Å². The van der Waals surface area contributed by atoms with Crippen molar-refractivity contribution < 1.29 is 4.39 Å². The van der Waals surface area contributed by atoms with Gasteiger partial charge in [0.25, 0.3) is 0 Å². The van der Waals surface area contributed by atoms with E-state index in [1.807, 2.05) is 13.8 Å². The molecule has 0 radical (unpaired) electrons. The Kier molecular flexibility index (Phi) is 4.90. The minimum Gasteiger partial charge on any atom is -0.327 e. The normalized spacial score (nSPS) is 14.3. The standard InChI is InChI=1S/C13H16FN3S2/c1-3-11-16-13(19-17-11)18-12(8(2)15)9-4-6-10(14)7-5-9/h4-8,12H,3,15H2,1-2H3. The van der Waals surface area contributed by atoms with Gasteiger partial charge in [0.15, 0.2) is 4.34 Å². The van der Waals surface area contributed by atoms with Crippen molar-refractivity contribution >= 4 is 23.3 Å². The van der Waals surface area contributed by atoms with E-state index in [4.69, 9.17) is 5.73 Å². The molecule has 2 aromatic rings. The van der Waals surface area contributed by atoms with Crippen LogP contribution in [0.1, 0.15) is 30.5 Å². The van der Waals surface area contributed by atoms with Gasteiger partial charge >= 0.3 is 0 Å². The van der Waals surface area contributed by atoms with Gasteiger partial charge in [0.2, 0.25) is 0 Å². The highest BCUT2D eigenvalue weighted by atomic mass is 32.2. The Bertz CT molecular complexity index is 525. The lowest BCUT2D eigenvalue weighted by atomic mass is 10.1. The molecule has 6 heteroatoms. The van der Waals surface area contributed by atoms with Gasteiger partial charge < -0.3 is 5.73 Å². The Morgan fingerprint density at radius 1 is 1.37 bits per heavy atom. The van der Waals surface area contributed by atoms with Crippen LogP contribution in [-0.2, 0) is 6.42 Å². The van der Waals surface area contributed by atoms with Crippen molar-refractivity contribution in [1.82, 2.24) is 9.36 Å². The maximum absolute atomic E-state index is 13.0. The molecule has 1 aromatic heterocycles. The summed E-state index contributed by atoms with van der Waals surface area (Å²) in [5.74, 6) is 0.622. The van der Waals surface area contributed by atoms with Gasteiger partial charge in [-0.3, -0.25) is 0 Å². The van der Waals surface area contributed by atoms with Crippen LogP contribution in [0.4, 0.5) is 4.39 Å². The minimum absolute atomic E-state index is 0.0514. The number of halogens is 1. The van der Waals surface area contributed by atoms with Gasteiger partial charge in [-0.25, -0.2) is 9.37 Å². The van der Waals surface area contributed by atoms with Crippen LogP contribution < -0.4 is 5.73 Å². The molecule has 0 spiro atoms. The first-order valence-electron chi connectivity index (χ1n) is 6.10. The summed E-state index contributed by atoms with van der Waals surface area (Å²) in [4.78, 5) is 4.43. The number of benzene rings is 1. The second kappa shape index (κ2) is 6.45. The molecule has 0 aliphatic carbocycles. The number of hydrogen-bond acceptors (Lipinski definition) is 5. The molecule has 1 aromatic carbocycles. The van der Waals surface area contributed by atoms with Crippen molar-refractivity contribution in [3.05, 3.63) is 41.5 Å². The Balaban J connectivity index is 2.18. The van der Waals surface area contributed by atoms with Crippen LogP contribution in [-0.4, -0.2) is 15.4 Å². The number of thioether (sulfide) groups is 1. The van der Waals surface area contributed by atoms with E-state index in [1.54, 1.807) is 23.9 Å². The quantitative estimate of drug-likeness (QED) is 0.859. The molecule has 0 bridgehead atoms. The third-order valence-electron chi connectivity index (χ3n) is 2.67. The molecule has 19 heavy (non-hydrogen) atoms. The summed E-state index contributed by atoms with van der Waals surface area (Å²) in [5.41, 5.74) is 7.04. The number of hydrogen-bond donors (Lipinski definition) is 1. The highest BCUT2D eigenvalue weighted by Gasteiger charge is 2.20. The van der Waals surface area contributed by atoms with Crippen LogP contribution in [0.5, 0.6) is 0 Å². The van der Waals surface area contributed by atoms with Gasteiger partial charge in [-0.05, 0) is 36.2 Å². The molecule has 0 aliphatic heterocycles. The Labute approximate surface area is 120 Å². The molecular weight excluding hydrogens is 281 g/mol. The van der Waals surface area contributed by atoms with Gasteiger partial charge in [-0.15, -0.1) is 0 Å². The van der Waals surface area contributed by atoms with E-state index in [0.717, 1.165) is 22.1 Å². The Hall–Kier alpha value is -0.980. The predicted octanol–water partition coefficient (Wildman–Crippen LogP) is 3.42. The Morgan fingerprint density at radius 2 is 2.05 bits per heavy atom. The summed E-state index contributed by atoms with van der Waals surface area (Å²) >= 11 is 2.98. The maximum atomic E-state index is 13.0. The fourth-order valence-electron chi connectivity index (χ4n) is 1.67. The lowest BCUT2D eigenvalue weighted by Crippen LogP contribution is -2.22. The van der Waals surface area contributed by atoms with Crippen molar-refractivity contribution in [2.45, 2.75) is 35.9 Å². The fourth-order valence-corrected chi connectivity index (χ4v) is 3.65. The molecule has 2 unspecified atom stereocenters. The highest BCUT2D eigenvalue weighted by molar-refractivity contribution is 8.01. The zero-order chi connectivity index (χ0) is 13.8. The van der Waals surface area contributed by atoms with Crippen molar-refractivity contribution in [2.24, 2.45) is 5.73 Å². The number of aryl methyl sites for hydroxylation is 1. The topological polar surface area (TPSA) is 51.8 Å². The van der Waals surface area contributed by atoms with Gasteiger partial charge in [0.05, 0.1) is 5.25 Å². The van der Waals surface area contributed by atoms with E-state index in [2.05, 4.69) is 9.36 Å². The second-order valence-corrected chi connectivity index (χ2v) is 6.42. The van der Waals surface area contributed by atoms with Crippen molar-refractivity contribution in [3.63, 3.8) is 0 Å². The zero-order valence-electron chi connectivity index (χ0n) is 10.8. The number of nitrogens with zero attached hydrogens (tertiary/aromatic N) is 2. The summed E-state index contributed by atoms with van der Waals surface area (Å²) < 4.78 is 18.1. The van der Waals surface area contributed by atoms with Crippen LogP contribution in [0.25, 0.3) is 0 Å². The molecular formula is C13H16FN3S2. The minimum atomic E-state index is -0.235. The third-order valence-corrected chi connectivity index (χ3v) is 4.98. The monoisotopic (exact) mass is 297 g/mol. The van der Waals surface area contributed by atoms with Crippen LogP contribution in [0.15, 0.2) is 28.6 Å². The van der Waals surface area contributed by atoms with E-state index in [-0.39, 0.29) is 17.1 Å². The molecule has 2 atom stereocenters. The number of aromatic nitrogens is 2. The molecule has 2 rings (SSSR count). The summed E-state index contributed by atoms with van der Waals surface area (Å²) in [7, 11) is 0. The SMILES string of the molecule is CCc1nsc(SC(c2ccc(F)cc2)C(C)N)n1. The van der Waals surface area contributed by atoms with Crippen LogP contribution in [0.3, 0.4) is 0 Å². The van der Waals surface area contributed by atoms with Crippen LogP contribution in [0.2, 0.25) is 0 Å². The summed E-state index contributed by atoms with van der Waals surface area (Å²) in [6.45, 7) is 3.97. The first kappa shape index (κ1) is 14.4. The first-order valence-corrected chi connectivity index (χ1v) is 7.75. The molecule has 0 amide bonds. The van der Waals surface area contributed by atoms with Gasteiger partial charge in [0.1, 0.15) is 11.6 Å². The van der Waals surface area contributed by atoms with E-state index in [0.29, 0.717) is 0 Å². The van der Waals surface area contributed by atoms with Crippen molar-refractivity contribution in [1.29, 1.82) is 0 Å². The molecule has 0 fully saturated rings. The molecule has 1 heterocycles. The van der Waals surface area contributed by atoms with E-state index in [1.165, 1.54) is 23.7 Å². The third kappa shape index (κ3) is 3.75. The van der Waals surface area contributed by atoms with Crippen LogP contribution in [0, 0.1) is 5.82 Å². The molecule has 3 nitrogen and oxygen atoms in total. The first-order chi connectivity index (χ1) is 9.10. The van der Waals surface area contributed by atoms with Crippen LogP contribution >= 0.6 is 23.3 Å². The summed E-state index contributed by atoms with van der Waals surface area (Å²) in [6, 6.07) is 6.42. The predicted molar refractivity (Wildman–Crippen MR) is 77.9 cm³/mol. The van der Waals surface area contributed by atoms with E-state index < -0.39 is 0 Å². The smallest absolute Gasteiger partial charge is 0.170 e. The van der Waals surface area contributed by atoms with E-state index in [9.17, 15) is 4.39 Å². The van der Waals surface area contributed by atoms with Gasteiger partial charge in [-0.2, -0.15) is 4.37 Å². The number of nitrogens with two attached hydrogens (primary N) is 1. The zero-order valence-corrected chi connectivity index (χ0v) is 12.5. The fraction of sp³-hybridized carbons (Fsp3) is 0.385. The molecule has 2 N–H and O–H groups in total. The lowest BCUT2D eigenvalue weighted by Gasteiger charge is -2.19. The molecule has 0 saturated heterocycles. The average molecular weight is 297 g/mol. The largest absolute Gasteiger partial charge is 0.327 e. The summed E-state index contributed by atoms with van der Waals surface area (Å²) in [5, 5.41) is 0.0539. The molecule has 102 valence electrons. The Morgan fingerprint density at radius 3 is 2.58 bits per heavy atom.